The molecule has 2 aromatic carbocycles. The molecule has 0 heterocycles. The highest BCUT2D eigenvalue weighted by Gasteiger charge is 2.18. The van der Waals surface area contributed by atoms with Gasteiger partial charge in [-0.15, -0.1) is 0 Å². The van der Waals surface area contributed by atoms with E-state index in [0.29, 0.717) is 16.8 Å². The molecule has 0 unspecified atom stereocenters. The van der Waals surface area contributed by atoms with Crippen LogP contribution >= 0.6 is 0 Å². The van der Waals surface area contributed by atoms with E-state index in [0.717, 1.165) is 18.2 Å². The van der Waals surface area contributed by atoms with E-state index in [9.17, 15) is 12.8 Å². The Kier molecular flexibility index (Phi) is 4.33. The summed E-state index contributed by atoms with van der Waals surface area (Å²) < 4.78 is 45.3. The first-order chi connectivity index (χ1) is 10.4. The molecule has 0 aliphatic heterocycles. The number of benzene rings is 2. The summed E-state index contributed by atoms with van der Waals surface area (Å²) in [6.07, 6.45) is 0. The van der Waals surface area contributed by atoms with Crippen molar-refractivity contribution in [1.82, 2.24) is 0 Å². The van der Waals surface area contributed by atoms with Gasteiger partial charge in [0, 0.05) is 6.07 Å². The molecule has 1 N–H and O–H groups in total. The van der Waals surface area contributed by atoms with E-state index in [2.05, 4.69) is 4.72 Å². The highest BCUT2D eigenvalue weighted by Crippen LogP contribution is 2.25. The first-order valence-corrected chi connectivity index (χ1v) is 7.73. The lowest BCUT2D eigenvalue weighted by atomic mass is 10.1. The van der Waals surface area contributed by atoms with Gasteiger partial charge in [-0.1, -0.05) is 6.07 Å². The summed E-state index contributed by atoms with van der Waals surface area (Å²) in [5, 5.41) is 8.97. The second kappa shape index (κ2) is 6.03. The van der Waals surface area contributed by atoms with Crippen molar-refractivity contribution in [1.29, 1.82) is 5.26 Å². The predicted octanol–water partition coefficient (Wildman–Crippen LogP) is 2.82. The van der Waals surface area contributed by atoms with Gasteiger partial charge >= 0.3 is 0 Å². The third kappa shape index (κ3) is 3.02. The molecule has 0 amide bonds. The first kappa shape index (κ1) is 15.8. The Labute approximate surface area is 128 Å². The van der Waals surface area contributed by atoms with Crippen LogP contribution in [0.1, 0.15) is 11.1 Å². The van der Waals surface area contributed by atoms with E-state index >= 15 is 0 Å². The van der Waals surface area contributed by atoms with Crippen molar-refractivity contribution >= 4 is 15.7 Å². The Morgan fingerprint density at radius 3 is 2.64 bits per heavy atom. The quantitative estimate of drug-likeness (QED) is 0.939. The van der Waals surface area contributed by atoms with Gasteiger partial charge in [-0.05, 0) is 36.8 Å². The van der Waals surface area contributed by atoms with Gasteiger partial charge in [0.1, 0.15) is 0 Å². The zero-order valence-electron chi connectivity index (χ0n) is 11.9. The fraction of sp³-hybridized carbons (Fsp3) is 0.133. The van der Waals surface area contributed by atoms with Crippen LogP contribution in [0.3, 0.4) is 0 Å². The number of hydrogen-bond donors (Lipinski definition) is 1. The fourth-order valence-electron chi connectivity index (χ4n) is 1.88. The monoisotopic (exact) mass is 320 g/mol. The molecule has 0 radical (unpaired) electrons. The lowest BCUT2D eigenvalue weighted by molar-refractivity contribution is 0.385. The zero-order valence-corrected chi connectivity index (χ0v) is 12.7. The molecular formula is C15H13FN2O3S. The minimum atomic E-state index is -3.92. The van der Waals surface area contributed by atoms with Crippen molar-refractivity contribution in [3.05, 3.63) is 53.3 Å². The molecule has 0 bridgehead atoms. The molecule has 0 saturated heterocycles. The summed E-state index contributed by atoms with van der Waals surface area (Å²) >= 11 is 0. The van der Waals surface area contributed by atoms with Crippen LogP contribution in [0.4, 0.5) is 10.1 Å². The van der Waals surface area contributed by atoms with Gasteiger partial charge in [0.2, 0.25) is 0 Å². The Morgan fingerprint density at radius 2 is 2.00 bits per heavy atom. The van der Waals surface area contributed by atoms with E-state index in [1.807, 2.05) is 6.07 Å². The normalized spacial score (nSPS) is 10.8. The lowest BCUT2D eigenvalue weighted by Crippen LogP contribution is -2.14. The van der Waals surface area contributed by atoms with Crippen LogP contribution in [-0.2, 0) is 10.0 Å². The van der Waals surface area contributed by atoms with Crippen LogP contribution in [0.15, 0.2) is 41.3 Å². The largest absolute Gasteiger partial charge is 0.494 e. The second-order valence-electron chi connectivity index (χ2n) is 4.49. The lowest BCUT2D eigenvalue weighted by Gasteiger charge is -2.12. The van der Waals surface area contributed by atoms with Crippen LogP contribution in [-0.4, -0.2) is 15.5 Å². The average molecular weight is 320 g/mol. The van der Waals surface area contributed by atoms with Gasteiger partial charge in [0.15, 0.2) is 11.6 Å². The third-order valence-electron chi connectivity index (χ3n) is 3.13. The van der Waals surface area contributed by atoms with E-state index in [1.54, 1.807) is 25.1 Å². The average Bonchev–Trinajstić information content (AvgIpc) is 2.49. The molecule has 2 rings (SSSR count). The molecule has 5 nitrogen and oxygen atoms in total. The van der Waals surface area contributed by atoms with Crippen molar-refractivity contribution in [3.63, 3.8) is 0 Å². The summed E-state index contributed by atoms with van der Waals surface area (Å²) in [7, 11) is -2.66. The number of hydrogen-bond acceptors (Lipinski definition) is 4. The van der Waals surface area contributed by atoms with Gasteiger partial charge in [-0.3, -0.25) is 4.72 Å². The molecule has 22 heavy (non-hydrogen) atoms. The molecule has 0 aromatic heterocycles. The second-order valence-corrected chi connectivity index (χ2v) is 6.17. The number of methoxy groups -OCH3 is 1. The van der Waals surface area contributed by atoms with E-state index in [-0.39, 0.29) is 10.6 Å². The number of nitrogens with zero attached hydrogens (tertiary/aromatic N) is 1. The minimum absolute atomic E-state index is 0.132. The maximum absolute atomic E-state index is 13.4. The number of nitrogens with one attached hydrogen (secondary N) is 1. The number of halogens is 1. The fourth-order valence-corrected chi connectivity index (χ4v) is 3.02. The maximum atomic E-state index is 13.4. The van der Waals surface area contributed by atoms with E-state index in [1.165, 1.54) is 7.11 Å². The number of nitriles is 1. The zero-order chi connectivity index (χ0) is 16.3. The molecular weight excluding hydrogens is 307 g/mol. The van der Waals surface area contributed by atoms with Crippen molar-refractivity contribution in [3.8, 4) is 11.8 Å². The third-order valence-corrected chi connectivity index (χ3v) is 4.49. The summed E-state index contributed by atoms with van der Waals surface area (Å²) in [5.41, 5.74) is 1.18. The van der Waals surface area contributed by atoms with Crippen molar-refractivity contribution < 1.29 is 17.5 Å². The van der Waals surface area contributed by atoms with Gasteiger partial charge in [0.05, 0.1) is 29.3 Å². The number of ether oxygens (including phenoxy) is 1. The van der Waals surface area contributed by atoms with Crippen molar-refractivity contribution in [2.75, 3.05) is 11.8 Å². The highest BCUT2D eigenvalue weighted by atomic mass is 32.2. The number of rotatable bonds is 4. The molecule has 0 fully saturated rings. The van der Waals surface area contributed by atoms with Crippen LogP contribution in [0.2, 0.25) is 0 Å². The topological polar surface area (TPSA) is 79.2 Å². The molecule has 0 saturated carbocycles. The Balaban J connectivity index is 2.43. The van der Waals surface area contributed by atoms with Crippen LogP contribution < -0.4 is 9.46 Å². The smallest absolute Gasteiger partial charge is 0.262 e. The van der Waals surface area contributed by atoms with Gasteiger partial charge in [0.25, 0.3) is 10.0 Å². The molecule has 0 aliphatic rings. The minimum Gasteiger partial charge on any atom is -0.494 e. The van der Waals surface area contributed by atoms with Crippen LogP contribution in [0.5, 0.6) is 5.75 Å². The van der Waals surface area contributed by atoms with E-state index in [4.69, 9.17) is 10.00 Å². The van der Waals surface area contributed by atoms with Crippen molar-refractivity contribution in [2.24, 2.45) is 0 Å². The SMILES string of the molecule is COc1cc(S(=O)(=O)Nc2cccc(C#N)c2C)ccc1F. The van der Waals surface area contributed by atoms with Gasteiger partial charge < -0.3 is 4.74 Å². The summed E-state index contributed by atoms with van der Waals surface area (Å²) in [4.78, 5) is -0.132. The van der Waals surface area contributed by atoms with Crippen LogP contribution in [0.25, 0.3) is 0 Å². The summed E-state index contributed by atoms with van der Waals surface area (Å²) in [6, 6.07) is 9.96. The molecule has 0 aliphatic carbocycles. The van der Waals surface area contributed by atoms with E-state index < -0.39 is 15.8 Å². The Bertz CT molecular complexity index is 858. The van der Waals surface area contributed by atoms with Crippen molar-refractivity contribution in [2.45, 2.75) is 11.8 Å². The molecule has 114 valence electrons. The summed E-state index contributed by atoms with van der Waals surface area (Å²) in [5.74, 6) is -0.811. The van der Waals surface area contributed by atoms with Crippen LogP contribution in [0, 0.1) is 24.1 Å². The molecule has 0 spiro atoms. The molecule has 7 heteroatoms. The standard InChI is InChI=1S/C15H13FN2O3S/c1-10-11(9-17)4-3-5-14(10)18-22(19,20)12-6-7-13(16)15(8-12)21-2/h3-8,18H,1-2H3. The molecule has 2 aromatic rings. The Hall–Kier alpha value is -2.59. The predicted molar refractivity (Wildman–Crippen MR) is 79.7 cm³/mol. The maximum Gasteiger partial charge on any atom is 0.262 e. The Morgan fingerprint density at radius 1 is 1.27 bits per heavy atom. The van der Waals surface area contributed by atoms with Gasteiger partial charge in [-0.25, -0.2) is 12.8 Å². The first-order valence-electron chi connectivity index (χ1n) is 6.25. The van der Waals surface area contributed by atoms with Gasteiger partial charge in [-0.2, -0.15) is 5.26 Å². The molecule has 0 atom stereocenters. The number of sulfonamides is 1. The highest BCUT2D eigenvalue weighted by molar-refractivity contribution is 7.92. The summed E-state index contributed by atoms with van der Waals surface area (Å²) in [6.45, 7) is 1.64. The number of anilines is 1.